The Bertz CT molecular complexity index is 277. The van der Waals surface area contributed by atoms with Crippen molar-refractivity contribution < 1.29 is 14.2 Å². The molecule has 0 spiro atoms. The van der Waals surface area contributed by atoms with Crippen molar-refractivity contribution in [1.29, 1.82) is 0 Å². The third kappa shape index (κ3) is 2.94. The Kier molecular flexibility index (Phi) is 4.59. The number of hydrogen-bond donors (Lipinski definition) is 0. The second-order valence-corrected chi connectivity index (χ2v) is 3.40. The molecule has 1 rings (SSSR count). The van der Waals surface area contributed by atoms with Crippen LogP contribution in [-0.4, -0.2) is 27.6 Å². The standard InChI is InChI=1S/C12H18O3/c1-9(12(14-3)15-4)10-5-7-11(13-2)8-6-10/h5-9,12H,1-4H3. The van der Waals surface area contributed by atoms with E-state index in [2.05, 4.69) is 6.92 Å². The number of rotatable bonds is 5. The second-order valence-electron chi connectivity index (χ2n) is 3.40. The van der Waals surface area contributed by atoms with Crippen molar-refractivity contribution in [3.63, 3.8) is 0 Å². The van der Waals surface area contributed by atoms with Gasteiger partial charge in [0.05, 0.1) is 7.11 Å². The Hall–Kier alpha value is -1.06. The van der Waals surface area contributed by atoms with Gasteiger partial charge in [0.2, 0.25) is 0 Å². The maximum Gasteiger partial charge on any atom is 0.163 e. The summed E-state index contributed by atoms with van der Waals surface area (Å²) in [4.78, 5) is 0. The van der Waals surface area contributed by atoms with Gasteiger partial charge in [0.1, 0.15) is 5.75 Å². The fraction of sp³-hybridized carbons (Fsp3) is 0.500. The Balaban J connectivity index is 2.76. The van der Waals surface area contributed by atoms with Gasteiger partial charge in [0.25, 0.3) is 0 Å². The lowest BCUT2D eigenvalue weighted by atomic mass is 10.0. The van der Waals surface area contributed by atoms with Crippen LogP contribution < -0.4 is 4.74 Å². The fourth-order valence-corrected chi connectivity index (χ4v) is 1.57. The molecule has 84 valence electrons. The minimum absolute atomic E-state index is 0.200. The zero-order chi connectivity index (χ0) is 11.3. The number of hydrogen-bond acceptors (Lipinski definition) is 3. The smallest absolute Gasteiger partial charge is 0.163 e. The van der Waals surface area contributed by atoms with Crippen LogP contribution in [0, 0.1) is 0 Å². The highest BCUT2D eigenvalue weighted by Crippen LogP contribution is 2.23. The van der Waals surface area contributed by atoms with Crippen molar-refractivity contribution in [3.8, 4) is 5.75 Å². The molecule has 0 saturated carbocycles. The van der Waals surface area contributed by atoms with Gasteiger partial charge >= 0.3 is 0 Å². The minimum atomic E-state index is -0.210. The first-order valence-corrected chi connectivity index (χ1v) is 4.92. The van der Waals surface area contributed by atoms with E-state index in [-0.39, 0.29) is 12.2 Å². The van der Waals surface area contributed by atoms with Gasteiger partial charge in [-0.15, -0.1) is 0 Å². The van der Waals surface area contributed by atoms with Gasteiger partial charge in [-0.2, -0.15) is 0 Å². The van der Waals surface area contributed by atoms with Crippen LogP contribution in [0.25, 0.3) is 0 Å². The molecule has 0 N–H and O–H groups in total. The number of ether oxygens (including phenoxy) is 3. The molecule has 0 heterocycles. The molecule has 1 aromatic rings. The van der Waals surface area contributed by atoms with Crippen LogP contribution in [0.1, 0.15) is 18.4 Å². The Labute approximate surface area is 91.0 Å². The molecule has 0 aliphatic heterocycles. The molecule has 1 unspecified atom stereocenters. The molecule has 3 nitrogen and oxygen atoms in total. The fourth-order valence-electron chi connectivity index (χ4n) is 1.57. The molecule has 0 amide bonds. The maximum atomic E-state index is 5.22. The first-order valence-electron chi connectivity index (χ1n) is 4.92. The quantitative estimate of drug-likeness (QED) is 0.698. The summed E-state index contributed by atoms with van der Waals surface area (Å²) in [6.07, 6.45) is -0.210. The summed E-state index contributed by atoms with van der Waals surface area (Å²) < 4.78 is 15.5. The summed E-state index contributed by atoms with van der Waals surface area (Å²) in [7, 11) is 4.95. The van der Waals surface area contributed by atoms with E-state index in [0.29, 0.717) is 0 Å². The van der Waals surface area contributed by atoms with E-state index in [0.717, 1.165) is 5.75 Å². The molecule has 0 saturated heterocycles. The van der Waals surface area contributed by atoms with Gasteiger partial charge in [0, 0.05) is 20.1 Å². The van der Waals surface area contributed by atoms with Crippen LogP contribution in [0.2, 0.25) is 0 Å². The second kappa shape index (κ2) is 5.73. The molecule has 15 heavy (non-hydrogen) atoms. The minimum Gasteiger partial charge on any atom is -0.497 e. The van der Waals surface area contributed by atoms with Crippen LogP contribution in [0.15, 0.2) is 24.3 Å². The lowest BCUT2D eigenvalue weighted by Crippen LogP contribution is -2.20. The van der Waals surface area contributed by atoms with Crippen molar-refractivity contribution in [2.24, 2.45) is 0 Å². The molecule has 0 bridgehead atoms. The predicted molar refractivity (Wildman–Crippen MR) is 59.2 cm³/mol. The summed E-state index contributed by atoms with van der Waals surface area (Å²) in [6, 6.07) is 7.92. The molecule has 3 heteroatoms. The summed E-state index contributed by atoms with van der Waals surface area (Å²) in [5.41, 5.74) is 1.17. The third-order valence-corrected chi connectivity index (χ3v) is 2.51. The average molecular weight is 210 g/mol. The van der Waals surface area contributed by atoms with Gasteiger partial charge in [0.15, 0.2) is 6.29 Å². The van der Waals surface area contributed by atoms with E-state index in [9.17, 15) is 0 Å². The number of benzene rings is 1. The van der Waals surface area contributed by atoms with E-state index in [1.807, 2.05) is 24.3 Å². The molecular weight excluding hydrogens is 192 g/mol. The van der Waals surface area contributed by atoms with E-state index >= 15 is 0 Å². The van der Waals surface area contributed by atoms with Gasteiger partial charge in [-0.05, 0) is 17.7 Å². The van der Waals surface area contributed by atoms with Gasteiger partial charge in [-0.25, -0.2) is 0 Å². The first-order chi connectivity index (χ1) is 7.22. The first kappa shape index (κ1) is 12.0. The van der Waals surface area contributed by atoms with Crippen LogP contribution >= 0.6 is 0 Å². The van der Waals surface area contributed by atoms with Crippen molar-refractivity contribution in [2.75, 3.05) is 21.3 Å². The van der Waals surface area contributed by atoms with E-state index in [1.54, 1.807) is 21.3 Å². The largest absolute Gasteiger partial charge is 0.497 e. The molecular formula is C12H18O3. The summed E-state index contributed by atoms with van der Waals surface area (Å²) in [6.45, 7) is 2.07. The molecule has 0 aromatic heterocycles. The zero-order valence-corrected chi connectivity index (χ0v) is 9.69. The van der Waals surface area contributed by atoms with E-state index in [1.165, 1.54) is 5.56 Å². The van der Waals surface area contributed by atoms with Gasteiger partial charge < -0.3 is 14.2 Å². The topological polar surface area (TPSA) is 27.7 Å². The summed E-state index contributed by atoms with van der Waals surface area (Å²) in [5.74, 6) is 1.06. The monoisotopic (exact) mass is 210 g/mol. The van der Waals surface area contributed by atoms with Crippen molar-refractivity contribution in [1.82, 2.24) is 0 Å². The highest BCUT2D eigenvalue weighted by Gasteiger charge is 2.17. The highest BCUT2D eigenvalue weighted by atomic mass is 16.7. The molecule has 1 atom stereocenters. The van der Waals surface area contributed by atoms with Crippen LogP contribution in [-0.2, 0) is 9.47 Å². The van der Waals surface area contributed by atoms with E-state index < -0.39 is 0 Å². The van der Waals surface area contributed by atoms with Crippen LogP contribution in [0.3, 0.4) is 0 Å². The molecule has 1 aromatic carbocycles. The lowest BCUT2D eigenvalue weighted by Gasteiger charge is -2.21. The van der Waals surface area contributed by atoms with Crippen molar-refractivity contribution >= 4 is 0 Å². The Morgan fingerprint density at radius 3 is 1.87 bits per heavy atom. The summed E-state index contributed by atoms with van der Waals surface area (Å²) >= 11 is 0. The Morgan fingerprint density at radius 2 is 1.47 bits per heavy atom. The average Bonchev–Trinajstić information content (AvgIpc) is 2.30. The number of methoxy groups -OCH3 is 3. The van der Waals surface area contributed by atoms with Crippen LogP contribution in [0.5, 0.6) is 5.75 Å². The summed E-state index contributed by atoms with van der Waals surface area (Å²) in [5, 5.41) is 0. The SMILES string of the molecule is COc1ccc(C(C)C(OC)OC)cc1. The molecule has 0 aliphatic carbocycles. The third-order valence-electron chi connectivity index (χ3n) is 2.51. The maximum absolute atomic E-state index is 5.22. The van der Waals surface area contributed by atoms with Crippen molar-refractivity contribution in [2.45, 2.75) is 19.1 Å². The lowest BCUT2D eigenvalue weighted by molar-refractivity contribution is -0.115. The van der Waals surface area contributed by atoms with Gasteiger partial charge in [-0.3, -0.25) is 0 Å². The van der Waals surface area contributed by atoms with Gasteiger partial charge in [-0.1, -0.05) is 19.1 Å². The van der Waals surface area contributed by atoms with E-state index in [4.69, 9.17) is 14.2 Å². The predicted octanol–water partition coefficient (Wildman–Crippen LogP) is 2.42. The Morgan fingerprint density at radius 1 is 0.933 bits per heavy atom. The normalized spacial score (nSPS) is 12.9. The van der Waals surface area contributed by atoms with Crippen molar-refractivity contribution in [3.05, 3.63) is 29.8 Å². The van der Waals surface area contributed by atoms with Crippen LogP contribution in [0.4, 0.5) is 0 Å². The zero-order valence-electron chi connectivity index (χ0n) is 9.69. The molecule has 0 radical (unpaired) electrons. The highest BCUT2D eigenvalue weighted by molar-refractivity contribution is 5.29. The molecule has 0 aliphatic rings. The molecule has 0 fully saturated rings.